The molecule has 2 amide bonds. The van der Waals surface area contributed by atoms with Crippen molar-refractivity contribution in [3.63, 3.8) is 0 Å². The molecule has 33 heavy (non-hydrogen) atoms. The van der Waals surface area contributed by atoms with E-state index in [1.54, 1.807) is 0 Å². The summed E-state index contributed by atoms with van der Waals surface area (Å²) in [5, 5.41) is 0. The van der Waals surface area contributed by atoms with E-state index in [4.69, 9.17) is 10.5 Å². The molecular weight excluding hydrogens is 432 g/mol. The third kappa shape index (κ3) is 4.61. The lowest BCUT2D eigenvalue weighted by atomic mass is 10.1. The number of ketones is 1. The van der Waals surface area contributed by atoms with Gasteiger partial charge in [-0.3, -0.25) is 33.2 Å². The van der Waals surface area contributed by atoms with Crippen molar-refractivity contribution < 1.29 is 23.9 Å². The first-order valence-corrected chi connectivity index (χ1v) is 10.3. The number of benzene rings is 1. The second-order valence-corrected chi connectivity index (χ2v) is 8.08. The second kappa shape index (κ2) is 9.23. The van der Waals surface area contributed by atoms with Crippen molar-refractivity contribution >= 4 is 35.1 Å². The standard InChI is InChI=1S/C22H24N4O7/c1-12(2)10-25-19(23)18(20(30)24(3)22(25)32)15(27)11-33-21(31)13-4-6-14(7-5-13)26-16(28)8-9-17(26)29/h4-7,12H,8-11,23H2,1-3H3. The van der Waals surface area contributed by atoms with Crippen LogP contribution in [0.25, 0.3) is 0 Å². The van der Waals surface area contributed by atoms with Crippen molar-refractivity contribution in [2.45, 2.75) is 33.2 Å². The summed E-state index contributed by atoms with van der Waals surface area (Å²) in [5.74, 6) is -2.58. The van der Waals surface area contributed by atoms with Gasteiger partial charge in [0.15, 0.2) is 6.61 Å². The Labute approximate surface area is 188 Å². The fourth-order valence-electron chi connectivity index (χ4n) is 3.48. The number of carbonyl (C=O) groups excluding carboxylic acids is 4. The number of Topliss-reactive ketones (excluding diaryl/α,β-unsaturated/α-hetero) is 1. The molecule has 0 atom stereocenters. The van der Waals surface area contributed by atoms with E-state index in [-0.39, 0.29) is 48.5 Å². The summed E-state index contributed by atoms with van der Waals surface area (Å²) in [7, 11) is 1.24. The van der Waals surface area contributed by atoms with Crippen molar-refractivity contribution in [3.8, 4) is 0 Å². The number of nitrogens with two attached hydrogens (primary N) is 1. The van der Waals surface area contributed by atoms with Crippen LogP contribution in [0.5, 0.6) is 0 Å². The highest BCUT2D eigenvalue weighted by Gasteiger charge is 2.30. The Hall–Kier alpha value is -4.02. The predicted octanol–water partition coefficient (Wildman–Crippen LogP) is 0.478. The van der Waals surface area contributed by atoms with Gasteiger partial charge >= 0.3 is 11.7 Å². The molecule has 0 spiro atoms. The minimum atomic E-state index is -0.872. The molecule has 0 bridgehead atoms. The minimum absolute atomic E-state index is 0.0254. The summed E-state index contributed by atoms with van der Waals surface area (Å²) >= 11 is 0. The number of anilines is 2. The van der Waals surface area contributed by atoms with Crippen LogP contribution in [0, 0.1) is 5.92 Å². The molecule has 2 heterocycles. The number of nitrogen functional groups attached to an aromatic ring is 1. The lowest BCUT2D eigenvalue weighted by molar-refractivity contribution is -0.121. The topological polar surface area (TPSA) is 151 Å². The third-order valence-electron chi connectivity index (χ3n) is 5.16. The highest BCUT2D eigenvalue weighted by atomic mass is 16.5. The van der Waals surface area contributed by atoms with Gasteiger partial charge in [0, 0.05) is 26.4 Å². The lowest BCUT2D eigenvalue weighted by Crippen LogP contribution is -2.43. The van der Waals surface area contributed by atoms with Gasteiger partial charge in [-0.1, -0.05) is 13.8 Å². The van der Waals surface area contributed by atoms with Gasteiger partial charge in [-0.25, -0.2) is 9.59 Å². The Balaban J connectivity index is 1.76. The minimum Gasteiger partial charge on any atom is -0.454 e. The van der Waals surface area contributed by atoms with E-state index >= 15 is 0 Å². The predicted molar refractivity (Wildman–Crippen MR) is 118 cm³/mol. The smallest absolute Gasteiger partial charge is 0.338 e. The molecule has 1 aromatic carbocycles. The number of nitrogens with zero attached hydrogens (tertiary/aromatic N) is 3. The van der Waals surface area contributed by atoms with Crippen LogP contribution in [0.1, 0.15) is 47.4 Å². The van der Waals surface area contributed by atoms with Crippen molar-refractivity contribution in [1.82, 2.24) is 9.13 Å². The van der Waals surface area contributed by atoms with E-state index in [9.17, 15) is 28.8 Å². The summed E-state index contributed by atoms with van der Waals surface area (Å²) in [6, 6.07) is 5.57. The molecule has 0 saturated carbocycles. The highest BCUT2D eigenvalue weighted by Crippen LogP contribution is 2.23. The number of aromatic nitrogens is 2. The summed E-state index contributed by atoms with van der Waals surface area (Å²) < 4.78 is 6.95. The van der Waals surface area contributed by atoms with Crippen LogP contribution in [0.2, 0.25) is 0 Å². The molecule has 3 rings (SSSR count). The number of esters is 1. The Kier molecular flexibility index (Phi) is 6.61. The van der Waals surface area contributed by atoms with Crippen LogP contribution in [0.15, 0.2) is 33.9 Å². The molecule has 1 aromatic heterocycles. The molecule has 0 aliphatic carbocycles. The van der Waals surface area contributed by atoms with Crippen molar-refractivity contribution in [2.24, 2.45) is 13.0 Å². The molecule has 1 fully saturated rings. The van der Waals surface area contributed by atoms with Gasteiger partial charge in [0.25, 0.3) is 5.56 Å². The summed E-state index contributed by atoms with van der Waals surface area (Å²) in [6.07, 6.45) is 0.273. The average molecular weight is 456 g/mol. The van der Waals surface area contributed by atoms with Crippen molar-refractivity contribution in [2.75, 3.05) is 17.2 Å². The average Bonchev–Trinajstić information content (AvgIpc) is 3.11. The van der Waals surface area contributed by atoms with Crippen molar-refractivity contribution in [3.05, 3.63) is 56.2 Å². The van der Waals surface area contributed by atoms with Gasteiger partial charge in [0.05, 0.1) is 11.3 Å². The number of amides is 2. The summed E-state index contributed by atoms with van der Waals surface area (Å²) in [4.78, 5) is 74.5. The third-order valence-corrected chi connectivity index (χ3v) is 5.16. The fraction of sp³-hybridized carbons (Fsp3) is 0.364. The van der Waals surface area contributed by atoms with Crippen LogP contribution in [-0.4, -0.2) is 39.3 Å². The maximum Gasteiger partial charge on any atom is 0.338 e. The lowest BCUT2D eigenvalue weighted by Gasteiger charge is -2.16. The van der Waals surface area contributed by atoms with E-state index in [1.165, 1.54) is 31.3 Å². The molecule has 174 valence electrons. The number of hydrogen-bond donors (Lipinski definition) is 1. The quantitative estimate of drug-likeness (QED) is 0.359. The largest absolute Gasteiger partial charge is 0.454 e. The second-order valence-electron chi connectivity index (χ2n) is 8.08. The number of ether oxygens (including phenoxy) is 1. The molecule has 0 unspecified atom stereocenters. The molecule has 1 saturated heterocycles. The Morgan fingerprint density at radius 2 is 1.61 bits per heavy atom. The number of hydrogen-bond acceptors (Lipinski definition) is 8. The SMILES string of the molecule is CC(C)Cn1c(N)c(C(=O)COC(=O)c2ccc(N3C(=O)CCC3=O)cc2)c(=O)n(C)c1=O. The van der Waals surface area contributed by atoms with E-state index in [2.05, 4.69) is 0 Å². The Morgan fingerprint density at radius 1 is 1.03 bits per heavy atom. The summed E-state index contributed by atoms with van der Waals surface area (Å²) in [5.41, 5.74) is 4.42. The molecule has 11 heteroatoms. The van der Waals surface area contributed by atoms with E-state index in [0.717, 1.165) is 14.0 Å². The first-order chi connectivity index (χ1) is 15.5. The van der Waals surface area contributed by atoms with Crippen LogP contribution >= 0.6 is 0 Å². The van der Waals surface area contributed by atoms with Gasteiger partial charge in [-0.15, -0.1) is 0 Å². The normalized spacial score (nSPS) is 13.6. The van der Waals surface area contributed by atoms with Gasteiger partial charge in [0.1, 0.15) is 11.4 Å². The number of rotatable bonds is 7. The van der Waals surface area contributed by atoms with Gasteiger partial charge < -0.3 is 10.5 Å². The molecular formula is C22H24N4O7. The zero-order valence-corrected chi connectivity index (χ0v) is 18.5. The first-order valence-electron chi connectivity index (χ1n) is 10.3. The molecule has 0 radical (unpaired) electrons. The number of imide groups is 1. The van der Waals surface area contributed by atoms with Crippen molar-refractivity contribution in [1.29, 1.82) is 0 Å². The Morgan fingerprint density at radius 3 is 2.15 bits per heavy atom. The van der Waals surface area contributed by atoms with Crippen LogP contribution in [0.3, 0.4) is 0 Å². The molecule has 1 aliphatic heterocycles. The zero-order valence-electron chi connectivity index (χ0n) is 18.5. The maximum atomic E-state index is 12.7. The monoisotopic (exact) mass is 456 g/mol. The highest BCUT2D eigenvalue weighted by molar-refractivity contribution is 6.19. The molecule has 11 nitrogen and oxygen atoms in total. The molecule has 2 aromatic rings. The van der Waals surface area contributed by atoms with Crippen LogP contribution < -0.4 is 21.9 Å². The Bertz CT molecular complexity index is 1240. The van der Waals surface area contributed by atoms with E-state index in [1.807, 2.05) is 13.8 Å². The van der Waals surface area contributed by atoms with Gasteiger partial charge in [0.2, 0.25) is 17.6 Å². The van der Waals surface area contributed by atoms with Crippen LogP contribution in [0.4, 0.5) is 11.5 Å². The maximum absolute atomic E-state index is 12.7. The van der Waals surface area contributed by atoms with Gasteiger partial charge in [-0.05, 0) is 30.2 Å². The van der Waals surface area contributed by atoms with E-state index < -0.39 is 35.2 Å². The van der Waals surface area contributed by atoms with Gasteiger partial charge in [-0.2, -0.15) is 0 Å². The fourth-order valence-corrected chi connectivity index (χ4v) is 3.48. The van der Waals surface area contributed by atoms with E-state index in [0.29, 0.717) is 5.69 Å². The zero-order chi connectivity index (χ0) is 24.4. The summed E-state index contributed by atoms with van der Waals surface area (Å²) in [6.45, 7) is 3.14. The molecule has 1 aliphatic rings. The van der Waals surface area contributed by atoms with Crippen LogP contribution in [-0.2, 0) is 27.9 Å². The first kappa shape index (κ1) is 23.6. The molecule has 2 N–H and O–H groups in total. The number of carbonyl (C=O) groups is 4.